The number of ether oxygens (including phenoxy) is 1. The van der Waals surface area contributed by atoms with E-state index in [2.05, 4.69) is 5.32 Å². The van der Waals surface area contributed by atoms with Gasteiger partial charge in [-0.2, -0.15) is 0 Å². The van der Waals surface area contributed by atoms with Crippen LogP contribution in [0.25, 0.3) is 0 Å². The molecule has 1 atom stereocenters. The number of rotatable bonds is 4. The number of benzene rings is 1. The average molecular weight is 216 g/mol. The molecule has 4 heteroatoms. The topological polar surface area (TPSA) is 41.5 Å². The Morgan fingerprint density at radius 1 is 1.57 bits per heavy atom. The van der Waals surface area contributed by atoms with Gasteiger partial charge in [-0.1, -0.05) is 11.6 Å². The van der Waals surface area contributed by atoms with Crippen LogP contribution in [0.1, 0.15) is 6.92 Å². The molecule has 1 unspecified atom stereocenters. The predicted octanol–water partition coefficient (Wildman–Crippen LogP) is 2.14. The van der Waals surface area contributed by atoms with Crippen molar-refractivity contribution in [1.29, 1.82) is 0 Å². The quantitative estimate of drug-likeness (QED) is 0.809. The number of methoxy groups -OCH3 is 1. The van der Waals surface area contributed by atoms with E-state index >= 15 is 0 Å². The molecule has 0 aromatic heterocycles. The maximum atomic E-state index is 8.85. The zero-order chi connectivity index (χ0) is 10.6. The first-order valence-corrected chi connectivity index (χ1v) is 4.76. The highest BCUT2D eigenvalue weighted by molar-refractivity contribution is 6.32. The summed E-state index contributed by atoms with van der Waals surface area (Å²) in [6, 6.07) is 5.43. The smallest absolute Gasteiger partial charge is 0.137 e. The molecular formula is C10H14ClNO2. The lowest BCUT2D eigenvalue weighted by Gasteiger charge is -2.13. The Labute approximate surface area is 88.7 Å². The molecule has 0 heterocycles. The minimum atomic E-state index is 0.0134. The fourth-order valence-electron chi connectivity index (χ4n) is 1.09. The van der Waals surface area contributed by atoms with Crippen molar-refractivity contribution in [3.63, 3.8) is 0 Å². The van der Waals surface area contributed by atoms with E-state index in [1.165, 1.54) is 0 Å². The standard InChI is InChI=1S/C10H14ClNO2/c1-7(6-13)12-8-3-4-10(14-2)9(11)5-8/h3-5,7,12-13H,6H2,1-2H3. The molecule has 0 aliphatic rings. The van der Waals surface area contributed by atoms with Crippen LogP contribution in [0.3, 0.4) is 0 Å². The van der Waals surface area contributed by atoms with Gasteiger partial charge >= 0.3 is 0 Å². The van der Waals surface area contributed by atoms with Crippen LogP contribution in [-0.2, 0) is 0 Å². The molecule has 78 valence electrons. The Kier molecular flexibility index (Phi) is 4.04. The van der Waals surface area contributed by atoms with Crippen molar-refractivity contribution in [2.24, 2.45) is 0 Å². The van der Waals surface area contributed by atoms with Gasteiger partial charge in [-0.05, 0) is 25.1 Å². The van der Waals surface area contributed by atoms with Gasteiger partial charge in [0.25, 0.3) is 0 Å². The number of halogens is 1. The Morgan fingerprint density at radius 2 is 2.29 bits per heavy atom. The fraction of sp³-hybridized carbons (Fsp3) is 0.400. The lowest BCUT2D eigenvalue weighted by Crippen LogP contribution is -2.19. The maximum Gasteiger partial charge on any atom is 0.137 e. The van der Waals surface area contributed by atoms with Gasteiger partial charge in [0.05, 0.1) is 18.7 Å². The predicted molar refractivity (Wildman–Crippen MR) is 58.2 cm³/mol. The van der Waals surface area contributed by atoms with Crippen molar-refractivity contribution in [2.45, 2.75) is 13.0 Å². The van der Waals surface area contributed by atoms with E-state index in [9.17, 15) is 0 Å². The van der Waals surface area contributed by atoms with E-state index < -0.39 is 0 Å². The third-order valence-corrected chi connectivity index (χ3v) is 2.13. The normalized spacial score (nSPS) is 12.3. The summed E-state index contributed by atoms with van der Waals surface area (Å²) >= 11 is 5.93. The summed E-state index contributed by atoms with van der Waals surface area (Å²) in [5, 5.41) is 12.5. The van der Waals surface area contributed by atoms with Crippen molar-refractivity contribution in [3.05, 3.63) is 23.2 Å². The summed E-state index contributed by atoms with van der Waals surface area (Å²) < 4.78 is 5.02. The van der Waals surface area contributed by atoms with Crippen molar-refractivity contribution in [1.82, 2.24) is 0 Å². The number of aliphatic hydroxyl groups excluding tert-OH is 1. The SMILES string of the molecule is COc1ccc(NC(C)CO)cc1Cl. The Bertz CT molecular complexity index is 304. The summed E-state index contributed by atoms with van der Waals surface area (Å²) in [6.07, 6.45) is 0. The molecular weight excluding hydrogens is 202 g/mol. The van der Waals surface area contributed by atoms with Gasteiger partial charge in [0, 0.05) is 11.7 Å². The molecule has 0 aliphatic carbocycles. The third kappa shape index (κ3) is 2.79. The molecule has 0 amide bonds. The molecule has 3 nitrogen and oxygen atoms in total. The first kappa shape index (κ1) is 11.1. The number of aliphatic hydroxyl groups is 1. The first-order valence-electron chi connectivity index (χ1n) is 4.38. The zero-order valence-corrected chi connectivity index (χ0v) is 9.01. The van der Waals surface area contributed by atoms with Gasteiger partial charge < -0.3 is 15.2 Å². The van der Waals surface area contributed by atoms with Crippen molar-refractivity contribution < 1.29 is 9.84 Å². The highest BCUT2D eigenvalue weighted by atomic mass is 35.5. The van der Waals surface area contributed by atoms with Gasteiger partial charge in [0.2, 0.25) is 0 Å². The summed E-state index contributed by atoms with van der Waals surface area (Å²) in [7, 11) is 1.57. The minimum absolute atomic E-state index is 0.0134. The molecule has 0 bridgehead atoms. The van der Waals surface area contributed by atoms with Crippen LogP contribution in [0, 0.1) is 0 Å². The summed E-state index contributed by atoms with van der Waals surface area (Å²) in [5.74, 6) is 0.647. The van der Waals surface area contributed by atoms with Crippen molar-refractivity contribution >= 4 is 17.3 Å². The van der Waals surface area contributed by atoms with E-state index in [-0.39, 0.29) is 12.6 Å². The van der Waals surface area contributed by atoms with Crippen molar-refractivity contribution in [2.75, 3.05) is 19.0 Å². The summed E-state index contributed by atoms with van der Waals surface area (Å²) in [6.45, 7) is 1.97. The summed E-state index contributed by atoms with van der Waals surface area (Å²) in [5.41, 5.74) is 0.873. The molecule has 1 aromatic rings. The van der Waals surface area contributed by atoms with E-state index in [0.29, 0.717) is 10.8 Å². The molecule has 1 rings (SSSR count). The van der Waals surface area contributed by atoms with Crippen LogP contribution in [-0.4, -0.2) is 24.9 Å². The Balaban J connectivity index is 2.76. The van der Waals surface area contributed by atoms with Crippen LogP contribution in [0.2, 0.25) is 5.02 Å². The average Bonchev–Trinajstić information content (AvgIpc) is 2.18. The van der Waals surface area contributed by atoms with E-state index in [0.717, 1.165) is 5.69 Å². The molecule has 0 saturated heterocycles. The van der Waals surface area contributed by atoms with Gasteiger partial charge in [-0.3, -0.25) is 0 Å². The van der Waals surface area contributed by atoms with E-state index in [1.54, 1.807) is 19.2 Å². The van der Waals surface area contributed by atoms with Crippen molar-refractivity contribution in [3.8, 4) is 5.75 Å². The highest BCUT2D eigenvalue weighted by Gasteiger charge is 2.03. The van der Waals surface area contributed by atoms with Gasteiger partial charge in [0.1, 0.15) is 5.75 Å². The minimum Gasteiger partial charge on any atom is -0.495 e. The number of nitrogens with one attached hydrogen (secondary N) is 1. The largest absolute Gasteiger partial charge is 0.495 e. The van der Waals surface area contributed by atoms with Crippen LogP contribution < -0.4 is 10.1 Å². The second-order valence-corrected chi connectivity index (χ2v) is 3.48. The molecule has 14 heavy (non-hydrogen) atoms. The number of hydrogen-bond acceptors (Lipinski definition) is 3. The molecule has 0 saturated carbocycles. The highest BCUT2D eigenvalue weighted by Crippen LogP contribution is 2.27. The molecule has 0 radical (unpaired) electrons. The van der Waals surface area contributed by atoms with Crippen LogP contribution in [0.4, 0.5) is 5.69 Å². The second-order valence-electron chi connectivity index (χ2n) is 3.08. The number of hydrogen-bond donors (Lipinski definition) is 2. The molecule has 0 spiro atoms. The molecule has 0 aliphatic heterocycles. The molecule has 2 N–H and O–H groups in total. The van der Waals surface area contributed by atoms with Crippen LogP contribution in [0.5, 0.6) is 5.75 Å². The lowest BCUT2D eigenvalue weighted by atomic mass is 10.2. The number of anilines is 1. The Morgan fingerprint density at radius 3 is 2.79 bits per heavy atom. The van der Waals surface area contributed by atoms with Gasteiger partial charge in [-0.25, -0.2) is 0 Å². The van der Waals surface area contributed by atoms with Crippen LogP contribution >= 0.6 is 11.6 Å². The van der Waals surface area contributed by atoms with Crippen LogP contribution in [0.15, 0.2) is 18.2 Å². The second kappa shape index (κ2) is 5.08. The fourth-order valence-corrected chi connectivity index (χ4v) is 1.34. The maximum absolute atomic E-state index is 8.85. The molecule has 0 fully saturated rings. The monoisotopic (exact) mass is 215 g/mol. The van der Waals surface area contributed by atoms with E-state index in [1.807, 2.05) is 13.0 Å². The van der Waals surface area contributed by atoms with E-state index in [4.69, 9.17) is 21.4 Å². The zero-order valence-electron chi connectivity index (χ0n) is 8.25. The summed E-state index contributed by atoms with van der Waals surface area (Å²) in [4.78, 5) is 0. The first-order chi connectivity index (χ1) is 6.67. The molecule has 1 aromatic carbocycles. The third-order valence-electron chi connectivity index (χ3n) is 1.84. The Hall–Kier alpha value is -0.930. The van der Waals surface area contributed by atoms with Gasteiger partial charge in [-0.15, -0.1) is 0 Å². The lowest BCUT2D eigenvalue weighted by molar-refractivity contribution is 0.281. The van der Waals surface area contributed by atoms with Gasteiger partial charge in [0.15, 0.2) is 0 Å².